The number of esters is 1. The molecule has 96 valence electrons. The quantitative estimate of drug-likeness (QED) is 0.709. The summed E-state index contributed by atoms with van der Waals surface area (Å²) in [5, 5.41) is 0. The molecule has 1 aliphatic heterocycles. The van der Waals surface area contributed by atoms with Crippen LogP contribution in [0.5, 0.6) is 0 Å². The minimum Gasteiger partial charge on any atom is -0.465 e. The first-order valence-corrected chi connectivity index (χ1v) is 6.21. The van der Waals surface area contributed by atoms with Gasteiger partial charge in [-0.1, -0.05) is 0 Å². The number of rotatable bonds is 2. The van der Waals surface area contributed by atoms with E-state index in [0.29, 0.717) is 6.61 Å². The second kappa shape index (κ2) is 3.22. The molecule has 3 fully saturated rings. The summed E-state index contributed by atoms with van der Waals surface area (Å²) in [7, 11) is 0. The Hall–Kier alpha value is -0.650. The maximum atomic E-state index is 12.1. The molecular weight excluding hydrogens is 222 g/mol. The molecule has 0 radical (unpaired) electrons. The van der Waals surface area contributed by atoms with Crippen molar-refractivity contribution in [1.82, 2.24) is 0 Å². The first-order chi connectivity index (χ1) is 7.92. The largest absolute Gasteiger partial charge is 0.465 e. The smallest absolute Gasteiger partial charge is 0.315 e. The van der Waals surface area contributed by atoms with Gasteiger partial charge in [0.25, 0.3) is 0 Å². The topological polar surface area (TPSA) is 70.8 Å². The fraction of sp³-hybridized carbons (Fsp3) is 0.917. The SMILES string of the molecule is CCOC(=O)[C@]12C[C@@H]1[C@@H](N)[C@@H]1OC(C)(C)O[C@@H]12. The lowest BCUT2D eigenvalue weighted by molar-refractivity contribution is -0.171. The van der Waals surface area contributed by atoms with Crippen molar-refractivity contribution in [2.24, 2.45) is 17.1 Å². The van der Waals surface area contributed by atoms with E-state index >= 15 is 0 Å². The molecule has 2 aliphatic carbocycles. The van der Waals surface area contributed by atoms with Gasteiger partial charge in [0, 0.05) is 6.04 Å². The highest BCUT2D eigenvalue weighted by molar-refractivity contribution is 5.83. The summed E-state index contributed by atoms with van der Waals surface area (Å²) in [6.07, 6.45) is 0.359. The van der Waals surface area contributed by atoms with Gasteiger partial charge in [-0.05, 0) is 33.1 Å². The second-order valence-electron chi connectivity index (χ2n) is 5.67. The molecule has 1 saturated heterocycles. The molecule has 0 spiro atoms. The number of ether oxygens (including phenoxy) is 3. The van der Waals surface area contributed by atoms with Crippen LogP contribution in [0.2, 0.25) is 0 Å². The molecule has 0 amide bonds. The molecule has 17 heavy (non-hydrogen) atoms. The van der Waals surface area contributed by atoms with E-state index in [2.05, 4.69) is 0 Å². The van der Waals surface area contributed by atoms with E-state index in [9.17, 15) is 4.79 Å². The van der Waals surface area contributed by atoms with Gasteiger partial charge in [-0.3, -0.25) is 4.79 Å². The molecule has 3 aliphatic rings. The Morgan fingerprint density at radius 3 is 2.82 bits per heavy atom. The Labute approximate surface area is 101 Å². The van der Waals surface area contributed by atoms with Gasteiger partial charge >= 0.3 is 5.97 Å². The fourth-order valence-electron chi connectivity index (χ4n) is 3.43. The summed E-state index contributed by atoms with van der Waals surface area (Å²) in [6, 6.07) is -0.119. The normalized spacial score (nSPS) is 49.6. The van der Waals surface area contributed by atoms with Crippen molar-refractivity contribution in [3.8, 4) is 0 Å². The van der Waals surface area contributed by atoms with Crippen molar-refractivity contribution < 1.29 is 19.0 Å². The van der Waals surface area contributed by atoms with Crippen LogP contribution >= 0.6 is 0 Å². The summed E-state index contributed by atoms with van der Waals surface area (Å²) in [4.78, 5) is 12.1. The Morgan fingerprint density at radius 2 is 2.18 bits per heavy atom. The Kier molecular flexibility index (Phi) is 2.16. The number of hydrogen-bond acceptors (Lipinski definition) is 5. The zero-order chi connectivity index (χ0) is 12.4. The molecule has 5 heteroatoms. The zero-order valence-corrected chi connectivity index (χ0v) is 10.4. The average molecular weight is 241 g/mol. The lowest BCUT2D eigenvalue weighted by Crippen LogP contribution is -2.40. The molecule has 0 bridgehead atoms. The third kappa shape index (κ3) is 1.33. The van der Waals surface area contributed by atoms with E-state index in [1.807, 2.05) is 20.8 Å². The maximum absolute atomic E-state index is 12.1. The minimum atomic E-state index is -0.653. The number of carbonyl (C=O) groups is 1. The van der Waals surface area contributed by atoms with Crippen LogP contribution < -0.4 is 5.73 Å². The second-order valence-corrected chi connectivity index (χ2v) is 5.67. The van der Waals surface area contributed by atoms with Crippen molar-refractivity contribution in [2.75, 3.05) is 6.61 Å². The van der Waals surface area contributed by atoms with Gasteiger partial charge in [0.2, 0.25) is 0 Å². The third-order valence-electron chi connectivity index (χ3n) is 4.20. The van der Waals surface area contributed by atoms with Crippen molar-refractivity contribution >= 4 is 5.97 Å². The molecule has 0 aromatic heterocycles. The standard InChI is InChI=1S/C12H19NO4/c1-4-15-10(14)12-5-6(12)7(13)8-9(12)17-11(2,3)16-8/h6-9H,4-5,13H2,1-3H3/t6-,7-,8+,9+,12-/m1/s1. The highest BCUT2D eigenvalue weighted by atomic mass is 16.8. The van der Waals surface area contributed by atoms with E-state index in [1.165, 1.54) is 0 Å². The molecule has 0 aromatic rings. The van der Waals surface area contributed by atoms with Gasteiger partial charge in [0.1, 0.15) is 17.6 Å². The van der Waals surface area contributed by atoms with Crippen LogP contribution in [0.1, 0.15) is 27.2 Å². The monoisotopic (exact) mass is 241 g/mol. The van der Waals surface area contributed by atoms with Gasteiger partial charge < -0.3 is 19.9 Å². The van der Waals surface area contributed by atoms with Crippen LogP contribution in [0, 0.1) is 11.3 Å². The Morgan fingerprint density at radius 1 is 1.47 bits per heavy atom. The Bertz CT molecular complexity index is 370. The van der Waals surface area contributed by atoms with Gasteiger partial charge in [-0.2, -0.15) is 0 Å². The molecule has 2 saturated carbocycles. The summed E-state index contributed by atoms with van der Waals surface area (Å²) < 4.78 is 16.8. The van der Waals surface area contributed by atoms with Crippen LogP contribution in [0.4, 0.5) is 0 Å². The lowest BCUT2D eigenvalue weighted by Gasteiger charge is -2.22. The summed E-state index contributed by atoms with van der Waals surface area (Å²) in [6.45, 7) is 5.92. The fourth-order valence-corrected chi connectivity index (χ4v) is 3.43. The van der Waals surface area contributed by atoms with Crippen LogP contribution in [0.15, 0.2) is 0 Å². The van der Waals surface area contributed by atoms with Crippen molar-refractivity contribution in [1.29, 1.82) is 0 Å². The van der Waals surface area contributed by atoms with E-state index in [-0.39, 0.29) is 30.1 Å². The highest BCUT2D eigenvalue weighted by Crippen LogP contribution is 2.67. The van der Waals surface area contributed by atoms with Gasteiger partial charge in [-0.15, -0.1) is 0 Å². The van der Waals surface area contributed by atoms with E-state index in [1.54, 1.807) is 0 Å². The van der Waals surface area contributed by atoms with Gasteiger partial charge in [-0.25, -0.2) is 0 Å². The van der Waals surface area contributed by atoms with Crippen molar-refractivity contribution in [2.45, 2.75) is 51.2 Å². The molecule has 5 nitrogen and oxygen atoms in total. The first-order valence-electron chi connectivity index (χ1n) is 6.21. The first kappa shape index (κ1) is 11.4. The van der Waals surface area contributed by atoms with E-state index < -0.39 is 11.2 Å². The molecule has 5 atom stereocenters. The zero-order valence-electron chi connectivity index (χ0n) is 10.4. The highest BCUT2D eigenvalue weighted by Gasteiger charge is 2.79. The Balaban J connectivity index is 1.87. The van der Waals surface area contributed by atoms with Crippen molar-refractivity contribution in [3.05, 3.63) is 0 Å². The number of fused-ring (bicyclic) bond motifs is 3. The average Bonchev–Trinajstić information content (AvgIpc) is 2.85. The van der Waals surface area contributed by atoms with Gasteiger partial charge in [0.15, 0.2) is 5.79 Å². The van der Waals surface area contributed by atoms with Crippen LogP contribution in [-0.2, 0) is 19.0 Å². The maximum Gasteiger partial charge on any atom is 0.315 e. The number of carbonyl (C=O) groups excluding carboxylic acids is 1. The van der Waals surface area contributed by atoms with Crippen LogP contribution in [0.25, 0.3) is 0 Å². The number of hydrogen-bond donors (Lipinski definition) is 1. The molecular formula is C12H19NO4. The predicted octanol–water partition coefficient (Wildman–Crippen LogP) is 0.417. The van der Waals surface area contributed by atoms with Crippen LogP contribution in [-0.4, -0.2) is 36.6 Å². The van der Waals surface area contributed by atoms with Crippen LogP contribution in [0.3, 0.4) is 0 Å². The predicted molar refractivity (Wildman–Crippen MR) is 59.0 cm³/mol. The molecule has 3 rings (SSSR count). The molecule has 0 aromatic carbocycles. The molecule has 0 unspecified atom stereocenters. The summed E-state index contributed by atoms with van der Waals surface area (Å²) in [5.41, 5.74) is 5.60. The summed E-state index contributed by atoms with van der Waals surface area (Å²) >= 11 is 0. The minimum absolute atomic E-state index is 0.119. The lowest BCUT2D eigenvalue weighted by atomic mass is 9.99. The van der Waals surface area contributed by atoms with E-state index in [0.717, 1.165) is 6.42 Å². The molecule has 2 N–H and O–H groups in total. The van der Waals surface area contributed by atoms with Crippen molar-refractivity contribution in [3.63, 3.8) is 0 Å². The van der Waals surface area contributed by atoms with E-state index in [4.69, 9.17) is 19.9 Å². The summed E-state index contributed by atoms with van der Waals surface area (Å²) in [5.74, 6) is -0.665. The molecule has 1 heterocycles. The third-order valence-corrected chi connectivity index (χ3v) is 4.20. The van der Waals surface area contributed by atoms with Gasteiger partial charge in [0.05, 0.1) is 6.61 Å². The number of nitrogens with two attached hydrogens (primary N) is 1.